The van der Waals surface area contributed by atoms with Gasteiger partial charge in [-0.2, -0.15) is 0 Å². The molecule has 0 aliphatic rings. The van der Waals surface area contributed by atoms with Crippen LogP contribution in [0.5, 0.6) is 5.75 Å². The van der Waals surface area contributed by atoms with Gasteiger partial charge in [0, 0.05) is 12.6 Å². The molecule has 0 saturated carbocycles. The topological polar surface area (TPSA) is 24.5 Å². The maximum atomic E-state index is 5.63. The molecule has 0 saturated heterocycles. The van der Waals surface area contributed by atoms with Crippen molar-refractivity contribution in [1.82, 2.24) is 10.2 Å². The Labute approximate surface area is 118 Å². The summed E-state index contributed by atoms with van der Waals surface area (Å²) in [4.78, 5) is 2.22. The van der Waals surface area contributed by atoms with E-state index in [1.807, 2.05) is 26.0 Å². The van der Waals surface area contributed by atoms with E-state index < -0.39 is 0 Å². The molecule has 1 aromatic carbocycles. The summed E-state index contributed by atoms with van der Waals surface area (Å²) in [6.45, 7) is 8.36. The molecule has 0 spiro atoms. The van der Waals surface area contributed by atoms with Crippen molar-refractivity contribution < 1.29 is 4.74 Å². The lowest BCUT2D eigenvalue weighted by atomic mass is 10.2. The maximum absolute atomic E-state index is 5.63. The molecule has 0 radical (unpaired) electrons. The van der Waals surface area contributed by atoms with Crippen LogP contribution in [0.2, 0.25) is 0 Å². The number of hydrogen-bond acceptors (Lipinski definition) is 3. The first-order valence-corrected chi connectivity index (χ1v) is 7.11. The molecule has 3 nitrogen and oxygen atoms in total. The molecule has 0 bridgehead atoms. The van der Waals surface area contributed by atoms with E-state index in [9.17, 15) is 0 Å². The van der Waals surface area contributed by atoms with E-state index in [4.69, 9.17) is 4.74 Å². The molecule has 0 amide bonds. The van der Waals surface area contributed by atoms with Crippen LogP contribution in [-0.4, -0.2) is 37.7 Å². The number of hydrogen-bond donors (Lipinski definition) is 1. The summed E-state index contributed by atoms with van der Waals surface area (Å²) in [5.41, 5.74) is 1.30. The zero-order valence-corrected chi connectivity index (χ0v) is 12.9. The fourth-order valence-corrected chi connectivity index (χ4v) is 1.80. The molecule has 0 fully saturated rings. The van der Waals surface area contributed by atoms with Gasteiger partial charge >= 0.3 is 0 Å². The molecule has 0 aliphatic carbocycles. The van der Waals surface area contributed by atoms with Crippen molar-refractivity contribution in [3.05, 3.63) is 29.8 Å². The molecule has 0 heterocycles. The number of ether oxygens (including phenoxy) is 1. The standard InChI is InChI=1S/C16H28N2O/c1-13(2)19-16-8-6-15(7-9-16)12-17-14(3)10-11-18(4)5/h6-9,13-14,17H,10-12H2,1-5H3. The van der Waals surface area contributed by atoms with Crippen molar-refractivity contribution in [2.75, 3.05) is 20.6 Å². The van der Waals surface area contributed by atoms with Crippen LogP contribution < -0.4 is 10.1 Å². The van der Waals surface area contributed by atoms with E-state index in [2.05, 4.69) is 43.4 Å². The van der Waals surface area contributed by atoms with E-state index in [0.29, 0.717) is 6.04 Å². The summed E-state index contributed by atoms with van der Waals surface area (Å²) >= 11 is 0. The van der Waals surface area contributed by atoms with Crippen LogP contribution in [-0.2, 0) is 6.54 Å². The van der Waals surface area contributed by atoms with Crippen LogP contribution in [0.25, 0.3) is 0 Å². The van der Waals surface area contributed by atoms with Gasteiger partial charge in [0.05, 0.1) is 6.10 Å². The summed E-state index contributed by atoms with van der Waals surface area (Å²) in [5.74, 6) is 0.944. The summed E-state index contributed by atoms with van der Waals surface area (Å²) in [5, 5.41) is 3.55. The highest BCUT2D eigenvalue weighted by Gasteiger charge is 2.03. The van der Waals surface area contributed by atoms with Gasteiger partial charge < -0.3 is 15.0 Å². The minimum absolute atomic E-state index is 0.232. The largest absolute Gasteiger partial charge is 0.491 e. The molecule has 1 unspecified atom stereocenters. The van der Waals surface area contributed by atoms with Crippen LogP contribution in [0.1, 0.15) is 32.8 Å². The molecular weight excluding hydrogens is 236 g/mol. The number of nitrogens with zero attached hydrogens (tertiary/aromatic N) is 1. The van der Waals surface area contributed by atoms with Gasteiger partial charge in [-0.25, -0.2) is 0 Å². The number of nitrogens with one attached hydrogen (secondary N) is 1. The Kier molecular flexibility index (Phi) is 6.89. The Balaban J connectivity index is 2.33. The molecule has 0 aromatic heterocycles. The van der Waals surface area contributed by atoms with Crippen molar-refractivity contribution in [3.63, 3.8) is 0 Å². The molecule has 1 rings (SSSR count). The van der Waals surface area contributed by atoms with Gasteiger partial charge in [-0.15, -0.1) is 0 Å². The SMILES string of the molecule is CC(CCN(C)C)NCc1ccc(OC(C)C)cc1. The van der Waals surface area contributed by atoms with Gasteiger partial charge in [0.1, 0.15) is 5.75 Å². The number of benzene rings is 1. The third kappa shape index (κ3) is 7.19. The summed E-state index contributed by atoms with van der Waals surface area (Å²) < 4.78 is 5.63. The van der Waals surface area contributed by atoms with Crippen LogP contribution in [0.4, 0.5) is 0 Å². The van der Waals surface area contributed by atoms with E-state index >= 15 is 0 Å². The van der Waals surface area contributed by atoms with Crippen molar-refractivity contribution in [3.8, 4) is 5.75 Å². The Morgan fingerprint density at radius 3 is 2.26 bits per heavy atom. The van der Waals surface area contributed by atoms with Crippen molar-refractivity contribution >= 4 is 0 Å². The second kappa shape index (κ2) is 8.18. The molecule has 19 heavy (non-hydrogen) atoms. The van der Waals surface area contributed by atoms with Crippen molar-refractivity contribution in [1.29, 1.82) is 0 Å². The monoisotopic (exact) mass is 264 g/mol. The first kappa shape index (κ1) is 16.0. The van der Waals surface area contributed by atoms with E-state index in [1.165, 1.54) is 12.0 Å². The lowest BCUT2D eigenvalue weighted by Gasteiger charge is -2.17. The third-order valence-electron chi connectivity index (χ3n) is 2.96. The zero-order chi connectivity index (χ0) is 14.3. The molecule has 108 valence electrons. The Morgan fingerprint density at radius 1 is 1.11 bits per heavy atom. The predicted molar refractivity (Wildman–Crippen MR) is 81.7 cm³/mol. The minimum atomic E-state index is 0.232. The van der Waals surface area contributed by atoms with Gasteiger partial charge in [0.15, 0.2) is 0 Å². The summed E-state index contributed by atoms with van der Waals surface area (Å²) in [6, 6.07) is 8.88. The second-order valence-electron chi connectivity index (χ2n) is 5.68. The van der Waals surface area contributed by atoms with Gasteiger partial charge in [0.25, 0.3) is 0 Å². The molecular formula is C16H28N2O. The molecule has 1 aromatic rings. The zero-order valence-electron chi connectivity index (χ0n) is 12.9. The quantitative estimate of drug-likeness (QED) is 0.781. The van der Waals surface area contributed by atoms with Gasteiger partial charge in [-0.1, -0.05) is 12.1 Å². The predicted octanol–water partition coefficient (Wildman–Crippen LogP) is 2.90. The lowest BCUT2D eigenvalue weighted by Crippen LogP contribution is -2.29. The highest BCUT2D eigenvalue weighted by molar-refractivity contribution is 5.27. The van der Waals surface area contributed by atoms with Crippen LogP contribution in [0, 0.1) is 0 Å². The Bertz CT molecular complexity index is 346. The van der Waals surface area contributed by atoms with Crippen LogP contribution in [0.15, 0.2) is 24.3 Å². The first-order chi connectivity index (χ1) is 8.97. The Morgan fingerprint density at radius 2 is 1.74 bits per heavy atom. The minimum Gasteiger partial charge on any atom is -0.491 e. The molecule has 3 heteroatoms. The normalized spacial score (nSPS) is 13.0. The fraction of sp³-hybridized carbons (Fsp3) is 0.625. The van der Waals surface area contributed by atoms with Crippen molar-refractivity contribution in [2.24, 2.45) is 0 Å². The van der Waals surface area contributed by atoms with E-state index in [-0.39, 0.29) is 6.10 Å². The third-order valence-corrected chi connectivity index (χ3v) is 2.96. The van der Waals surface area contributed by atoms with Gasteiger partial charge in [-0.05, 0) is 65.5 Å². The van der Waals surface area contributed by atoms with Crippen LogP contribution in [0.3, 0.4) is 0 Å². The summed E-state index contributed by atoms with van der Waals surface area (Å²) in [6.07, 6.45) is 1.40. The van der Waals surface area contributed by atoms with Gasteiger partial charge in [-0.3, -0.25) is 0 Å². The highest BCUT2D eigenvalue weighted by atomic mass is 16.5. The maximum Gasteiger partial charge on any atom is 0.119 e. The molecule has 1 atom stereocenters. The summed E-state index contributed by atoms with van der Waals surface area (Å²) in [7, 11) is 4.22. The Hall–Kier alpha value is -1.06. The first-order valence-electron chi connectivity index (χ1n) is 7.11. The fourth-order valence-electron chi connectivity index (χ4n) is 1.80. The molecule has 0 aliphatic heterocycles. The van der Waals surface area contributed by atoms with E-state index in [0.717, 1.165) is 18.8 Å². The van der Waals surface area contributed by atoms with Gasteiger partial charge in [0.2, 0.25) is 0 Å². The average molecular weight is 264 g/mol. The smallest absolute Gasteiger partial charge is 0.119 e. The average Bonchev–Trinajstić information content (AvgIpc) is 2.35. The molecule has 1 N–H and O–H groups in total. The van der Waals surface area contributed by atoms with Crippen molar-refractivity contribution in [2.45, 2.75) is 45.9 Å². The number of rotatable bonds is 8. The second-order valence-corrected chi connectivity index (χ2v) is 5.68. The van der Waals surface area contributed by atoms with Crippen LogP contribution >= 0.6 is 0 Å². The van der Waals surface area contributed by atoms with E-state index in [1.54, 1.807) is 0 Å². The lowest BCUT2D eigenvalue weighted by molar-refractivity contribution is 0.242. The highest BCUT2D eigenvalue weighted by Crippen LogP contribution is 2.13.